The molecule has 0 saturated heterocycles. The van der Waals surface area contributed by atoms with Gasteiger partial charge in [-0.25, -0.2) is 15.0 Å². The Morgan fingerprint density at radius 2 is 1.12 bits per heavy atom. The highest BCUT2D eigenvalue weighted by Crippen LogP contribution is 2.47. The Morgan fingerprint density at radius 3 is 1.98 bits per heavy atom. The molecule has 0 saturated carbocycles. The Labute approximate surface area is 240 Å². The van der Waals surface area contributed by atoms with Gasteiger partial charge in [-0.15, -0.1) is 0 Å². The summed E-state index contributed by atoms with van der Waals surface area (Å²) in [4.78, 5) is 14.9. The molecule has 0 aliphatic carbocycles. The Balaban J connectivity index is 1.24. The van der Waals surface area contributed by atoms with Crippen molar-refractivity contribution in [3.8, 4) is 56.8 Å². The maximum Gasteiger partial charge on any atom is 0.164 e. The monoisotopic (exact) mass is 539 g/mol. The van der Waals surface area contributed by atoms with Crippen LogP contribution in [-0.4, -0.2) is 15.0 Å². The predicted octanol–water partition coefficient (Wildman–Crippen LogP) is 9.70. The first-order chi connectivity index (χ1) is 20.8. The summed E-state index contributed by atoms with van der Waals surface area (Å²) in [6.07, 6.45) is 0. The van der Waals surface area contributed by atoms with Crippen LogP contribution in [0.15, 0.2) is 132 Å². The minimum atomic E-state index is 0.602. The Kier molecular flexibility index (Phi) is 4.83. The number of benzene rings is 6. The van der Waals surface area contributed by atoms with Gasteiger partial charge in [-0.3, -0.25) is 0 Å². The molecule has 6 aromatic carbocycles. The number of fused-ring (bicyclic) bond motifs is 5. The minimum Gasteiger partial charge on any atom is -0.456 e. The average molecular weight is 540 g/mol. The normalized spacial score (nSPS) is 12.0. The van der Waals surface area contributed by atoms with Crippen LogP contribution in [0.25, 0.3) is 78.0 Å². The summed E-state index contributed by atoms with van der Waals surface area (Å²) in [5, 5.41) is 4.36. The molecule has 0 N–H and O–H groups in total. The van der Waals surface area contributed by atoms with Crippen LogP contribution in [0.2, 0.25) is 0 Å². The molecule has 0 spiro atoms. The first kappa shape index (κ1) is 22.9. The molecule has 1 aliphatic rings. The number of hydrogen-bond acceptors (Lipinski definition) is 5. The second-order valence-corrected chi connectivity index (χ2v) is 10.5. The van der Waals surface area contributed by atoms with Gasteiger partial charge in [0.1, 0.15) is 22.7 Å². The summed E-state index contributed by atoms with van der Waals surface area (Å²) in [6, 6.07) is 42.9. The third kappa shape index (κ3) is 3.54. The second-order valence-electron chi connectivity index (χ2n) is 10.5. The maximum atomic E-state index is 6.33. The molecule has 5 nitrogen and oxygen atoms in total. The largest absolute Gasteiger partial charge is 0.456 e. The summed E-state index contributed by atoms with van der Waals surface area (Å²) in [5.41, 5.74) is 6.57. The number of nitrogens with zero attached hydrogens (tertiary/aromatic N) is 3. The van der Waals surface area contributed by atoms with Gasteiger partial charge in [0.2, 0.25) is 0 Å². The summed E-state index contributed by atoms with van der Waals surface area (Å²) < 4.78 is 12.4. The van der Waals surface area contributed by atoms with Crippen LogP contribution < -0.4 is 4.74 Å². The summed E-state index contributed by atoms with van der Waals surface area (Å²) in [7, 11) is 0. The van der Waals surface area contributed by atoms with E-state index in [0.29, 0.717) is 17.5 Å². The first-order valence-electron chi connectivity index (χ1n) is 13.9. The fourth-order valence-corrected chi connectivity index (χ4v) is 5.92. The van der Waals surface area contributed by atoms with Crippen LogP contribution in [0.3, 0.4) is 0 Å². The fraction of sp³-hybridized carbons (Fsp3) is 0. The van der Waals surface area contributed by atoms with E-state index in [1.165, 1.54) is 0 Å². The molecule has 3 heterocycles. The molecule has 196 valence electrons. The van der Waals surface area contributed by atoms with Gasteiger partial charge in [0.05, 0.1) is 0 Å². The summed E-state index contributed by atoms with van der Waals surface area (Å²) >= 11 is 0. The second kappa shape index (κ2) is 8.85. The highest BCUT2D eigenvalue weighted by molar-refractivity contribution is 6.06. The van der Waals surface area contributed by atoms with E-state index in [1.807, 2.05) is 84.9 Å². The van der Waals surface area contributed by atoms with Crippen LogP contribution in [0.4, 0.5) is 0 Å². The standard InChI is InChI=1S/C37H21N3O2/c1-2-8-23(9-3-1)35-38-36(24-16-18-31-28(20-24)26-12-4-5-14-30(26)41-31)40-37(39-35)25-17-19-32-29(21-25)27-13-6-10-22-11-7-15-33(42-32)34(22)27/h1-21H. The van der Waals surface area contributed by atoms with Crippen molar-refractivity contribution in [1.29, 1.82) is 0 Å². The molecule has 0 atom stereocenters. The SMILES string of the molecule is c1ccc(-c2nc(-c3ccc4c(c3)-c3cccc5cccc(c35)O4)nc(-c3ccc4oc5ccccc5c4c3)n2)cc1. The van der Waals surface area contributed by atoms with E-state index in [4.69, 9.17) is 24.1 Å². The zero-order valence-electron chi connectivity index (χ0n) is 22.3. The molecular weight excluding hydrogens is 518 g/mol. The molecule has 0 amide bonds. The predicted molar refractivity (Wildman–Crippen MR) is 166 cm³/mol. The third-order valence-corrected chi connectivity index (χ3v) is 7.92. The zero-order valence-corrected chi connectivity index (χ0v) is 22.3. The van der Waals surface area contributed by atoms with Crippen LogP contribution >= 0.6 is 0 Å². The molecule has 0 bridgehead atoms. The van der Waals surface area contributed by atoms with E-state index in [9.17, 15) is 0 Å². The van der Waals surface area contributed by atoms with Crippen LogP contribution in [0.5, 0.6) is 11.5 Å². The van der Waals surface area contributed by atoms with E-state index in [0.717, 1.165) is 72.0 Å². The lowest BCUT2D eigenvalue weighted by Crippen LogP contribution is -2.01. The molecule has 5 heteroatoms. The van der Waals surface area contributed by atoms with Gasteiger partial charge in [0, 0.05) is 38.4 Å². The van der Waals surface area contributed by atoms with Crippen molar-refractivity contribution in [3.05, 3.63) is 127 Å². The van der Waals surface area contributed by atoms with Gasteiger partial charge in [0.25, 0.3) is 0 Å². The van der Waals surface area contributed by atoms with Crippen molar-refractivity contribution in [2.24, 2.45) is 0 Å². The lowest BCUT2D eigenvalue weighted by atomic mass is 9.93. The lowest BCUT2D eigenvalue weighted by Gasteiger charge is -2.21. The number of ether oxygens (including phenoxy) is 1. The van der Waals surface area contributed by atoms with Crippen LogP contribution in [0, 0.1) is 0 Å². The third-order valence-electron chi connectivity index (χ3n) is 7.92. The summed E-state index contributed by atoms with van der Waals surface area (Å²) in [5.74, 6) is 3.52. The molecular formula is C37H21N3O2. The number of rotatable bonds is 3. The van der Waals surface area contributed by atoms with Gasteiger partial charge in [-0.2, -0.15) is 0 Å². The molecule has 42 heavy (non-hydrogen) atoms. The smallest absolute Gasteiger partial charge is 0.164 e. The van der Waals surface area contributed by atoms with E-state index in [1.54, 1.807) is 0 Å². The van der Waals surface area contributed by atoms with E-state index in [-0.39, 0.29) is 0 Å². The van der Waals surface area contributed by atoms with Crippen LogP contribution in [0.1, 0.15) is 0 Å². The molecule has 1 aliphatic heterocycles. The fourth-order valence-electron chi connectivity index (χ4n) is 5.92. The first-order valence-corrected chi connectivity index (χ1v) is 13.9. The average Bonchev–Trinajstić information content (AvgIpc) is 3.43. The van der Waals surface area contributed by atoms with Crippen molar-refractivity contribution in [2.75, 3.05) is 0 Å². The van der Waals surface area contributed by atoms with Crippen molar-refractivity contribution in [3.63, 3.8) is 0 Å². The maximum absolute atomic E-state index is 6.33. The van der Waals surface area contributed by atoms with Crippen molar-refractivity contribution in [1.82, 2.24) is 15.0 Å². The van der Waals surface area contributed by atoms with E-state index >= 15 is 0 Å². The van der Waals surface area contributed by atoms with E-state index in [2.05, 4.69) is 42.5 Å². The molecule has 0 fully saturated rings. The number of aromatic nitrogens is 3. The van der Waals surface area contributed by atoms with Crippen molar-refractivity contribution >= 4 is 32.7 Å². The topological polar surface area (TPSA) is 61.0 Å². The highest BCUT2D eigenvalue weighted by Gasteiger charge is 2.21. The lowest BCUT2D eigenvalue weighted by molar-refractivity contribution is 0.487. The summed E-state index contributed by atoms with van der Waals surface area (Å²) in [6.45, 7) is 0. The molecule has 8 aromatic rings. The zero-order chi connectivity index (χ0) is 27.6. The molecule has 9 rings (SSSR count). The van der Waals surface area contributed by atoms with Gasteiger partial charge < -0.3 is 9.15 Å². The number of para-hydroxylation sites is 1. The Bertz CT molecular complexity index is 2340. The Morgan fingerprint density at radius 1 is 0.429 bits per heavy atom. The molecule has 0 radical (unpaired) electrons. The van der Waals surface area contributed by atoms with E-state index < -0.39 is 0 Å². The van der Waals surface area contributed by atoms with Crippen molar-refractivity contribution in [2.45, 2.75) is 0 Å². The Hall–Kier alpha value is -5.81. The minimum absolute atomic E-state index is 0.602. The van der Waals surface area contributed by atoms with Gasteiger partial charge in [-0.05, 0) is 59.5 Å². The number of hydrogen-bond donors (Lipinski definition) is 0. The van der Waals surface area contributed by atoms with Crippen LogP contribution in [-0.2, 0) is 0 Å². The molecule has 0 unspecified atom stereocenters. The number of furan rings is 1. The van der Waals surface area contributed by atoms with Gasteiger partial charge in [-0.1, -0.05) is 78.9 Å². The molecule has 2 aromatic heterocycles. The van der Waals surface area contributed by atoms with Gasteiger partial charge >= 0.3 is 0 Å². The highest BCUT2D eigenvalue weighted by atomic mass is 16.5. The quantitative estimate of drug-likeness (QED) is 0.224. The van der Waals surface area contributed by atoms with Gasteiger partial charge in [0.15, 0.2) is 17.5 Å². The van der Waals surface area contributed by atoms with Crippen molar-refractivity contribution < 1.29 is 9.15 Å².